The second-order valence-corrected chi connectivity index (χ2v) is 4.73. The molecule has 0 saturated heterocycles. The lowest BCUT2D eigenvalue weighted by Gasteiger charge is -2.27. The number of nitro groups is 1. The molecule has 7 heteroatoms. The third-order valence-corrected chi connectivity index (χ3v) is 3.25. The van der Waals surface area contributed by atoms with Crippen LogP contribution in [0.3, 0.4) is 0 Å². The molecule has 1 rings (SSSR count). The SMILES string of the molecule is CCN(C(=O)c1ccc(Cl)c([N+](=O)[O-])c1)C(C)COC. The van der Waals surface area contributed by atoms with Crippen LogP contribution in [-0.2, 0) is 4.74 Å². The third-order valence-electron chi connectivity index (χ3n) is 2.93. The number of hydrogen-bond donors (Lipinski definition) is 0. The minimum Gasteiger partial charge on any atom is -0.383 e. The van der Waals surface area contributed by atoms with Gasteiger partial charge in [0.05, 0.1) is 17.6 Å². The summed E-state index contributed by atoms with van der Waals surface area (Å²) in [6.07, 6.45) is 0. The molecule has 0 N–H and O–H groups in total. The predicted octanol–water partition coefficient (Wildman–Crippen LogP) is 2.75. The Morgan fingerprint density at radius 1 is 1.55 bits per heavy atom. The molecule has 0 aromatic heterocycles. The highest BCUT2D eigenvalue weighted by Gasteiger charge is 2.22. The van der Waals surface area contributed by atoms with Gasteiger partial charge in [-0.05, 0) is 26.0 Å². The molecule has 0 bridgehead atoms. The summed E-state index contributed by atoms with van der Waals surface area (Å²) >= 11 is 5.74. The third kappa shape index (κ3) is 3.68. The molecule has 0 spiro atoms. The normalized spacial score (nSPS) is 12.0. The fraction of sp³-hybridized carbons (Fsp3) is 0.462. The summed E-state index contributed by atoms with van der Waals surface area (Å²) in [6, 6.07) is 3.93. The Kier molecular flexibility index (Phi) is 5.91. The number of hydrogen-bond acceptors (Lipinski definition) is 4. The van der Waals surface area contributed by atoms with E-state index in [1.807, 2.05) is 13.8 Å². The monoisotopic (exact) mass is 300 g/mol. The number of rotatable bonds is 6. The summed E-state index contributed by atoms with van der Waals surface area (Å²) in [5.41, 5.74) is -0.0288. The lowest BCUT2D eigenvalue weighted by Crippen LogP contribution is -2.40. The van der Waals surface area contributed by atoms with Crippen molar-refractivity contribution in [2.24, 2.45) is 0 Å². The zero-order valence-electron chi connectivity index (χ0n) is 11.6. The molecule has 0 radical (unpaired) electrons. The van der Waals surface area contributed by atoms with E-state index in [0.29, 0.717) is 13.2 Å². The molecule has 0 saturated carbocycles. The van der Waals surface area contributed by atoms with Crippen LogP contribution >= 0.6 is 11.6 Å². The Bertz CT molecular complexity index is 507. The van der Waals surface area contributed by atoms with Crippen LogP contribution in [0.2, 0.25) is 5.02 Å². The molecule has 0 heterocycles. The largest absolute Gasteiger partial charge is 0.383 e. The first-order valence-corrected chi connectivity index (χ1v) is 6.54. The summed E-state index contributed by atoms with van der Waals surface area (Å²) in [4.78, 5) is 24.2. The number of benzene rings is 1. The maximum atomic E-state index is 12.4. The zero-order chi connectivity index (χ0) is 15.3. The van der Waals surface area contributed by atoms with E-state index in [2.05, 4.69) is 0 Å². The van der Waals surface area contributed by atoms with Crippen LogP contribution in [-0.4, -0.2) is 42.0 Å². The Morgan fingerprint density at radius 3 is 2.70 bits per heavy atom. The van der Waals surface area contributed by atoms with Crippen LogP contribution in [0, 0.1) is 10.1 Å². The summed E-state index contributed by atoms with van der Waals surface area (Å²) in [6.45, 7) is 4.58. The van der Waals surface area contributed by atoms with Gasteiger partial charge in [-0.3, -0.25) is 14.9 Å². The highest BCUT2D eigenvalue weighted by Crippen LogP contribution is 2.25. The number of ether oxygens (including phenoxy) is 1. The van der Waals surface area contributed by atoms with Crippen molar-refractivity contribution < 1.29 is 14.5 Å². The molecular formula is C13H17ClN2O4. The Labute approximate surface area is 122 Å². The second-order valence-electron chi connectivity index (χ2n) is 4.32. The van der Waals surface area contributed by atoms with E-state index in [1.54, 1.807) is 12.0 Å². The summed E-state index contributed by atoms with van der Waals surface area (Å²) < 4.78 is 5.03. The fourth-order valence-corrected chi connectivity index (χ4v) is 2.12. The Hall–Kier alpha value is -1.66. The summed E-state index contributed by atoms with van der Waals surface area (Å²) in [5, 5.41) is 10.9. The van der Waals surface area contributed by atoms with Gasteiger partial charge in [0.1, 0.15) is 5.02 Å². The van der Waals surface area contributed by atoms with Crippen molar-refractivity contribution in [2.45, 2.75) is 19.9 Å². The Balaban J connectivity index is 3.07. The van der Waals surface area contributed by atoms with Crippen molar-refractivity contribution in [3.8, 4) is 0 Å². The van der Waals surface area contributed by atoms with Crippen LogP contribution in [0.25, 0.3) is 0 Å². The number of halogens is 1. The smallest absolute Gasteiger partial charge is 0.288 e. The molecule has 0 fully saturated rings. The molecule has 6 nitrogen and oxygen atoms in total. The molecule has 1 amide bonds. The van der Waals surface area contributed by atoms with Gasteiger partial charge < -0.3 is 9.64 Å². The van der Waals surface area contributed by atoms with E-state index >= 15 is 0 Å². The van der Waals surface area contributed by atoms with Crippen molar-refractivity contribution >= 4 is 23.2 Å². The highest BCUT2D eigenvalue weighted by atomic mass is 35.5. The summed E-state index contributed by atoms with van der Waals surface area (Å²) in [5.74, 6) is -0.281. The number of carbonyl (C=O) groups is 1. The molecule has 1 aromatic carbocycles. The van der Waals surface area contributed by atoms with Gasteiger partial charge in [-0.2, -0.15) is 0 Å². The van der Waals surface area contributed by atoms with E-state index in [9.17, 15) is 14.9 Å². The molecule has 1 aromatic rings. The number of likely N-dealkylation sites (N-methyl/N-ethyl adjacent to an activating group) is 1. The van der Waals surface area contributed by atoms with Crippen LogP contribution < -0.4 is 0 Å². The molecule has 0 aliphatic rings. The van der Waals surface area contributed by atoms with Crippen LogP contribution in [0.1, 0.15) is 24.2 Å². The minimum atomic E-state index is -0.603. The molecule has 20 heavy (non-hydrogen) atoms. The topological polar surface area (TPSA) is 72.7 Å². The lowest BCUT2D eigenvalue weighted by atomic mass is 10.1. The average molecular weight is 301 g/mol. The van der Waals surface area contributed by atoms with Crippen LogP contribution in [0.15, 0.2) is 18.2 Å². The number of nitrogens with zero attached hydrogens (tertiary/aromatic N) is 2. The number of carbonyl (C=O) groups excluding carboxylic acids is 1. The van der Waals surface area contributed by atoms with E-state index in [1.165, 1.54) is 18.2 Å². The average Bonchev–Trinajstić information content (AvgIpc) is 2.39. The first-order valence-electron chi connectivity index (χ1n) is 6.16. The van der Waals surface area contributed by atoms with Gasteiger partial charge >= 0.3 is 0 Å². The van der Waals surface area contributed by atoms with E-state index in [0.717, 1.165) is 0 Å². The summed E-state index contributed by atoms with van der Waals surface area (Å²) in [7, 11) is 1.56. The van der Waals surface area contributed by atoms with Crippen molar-refractivity contribution in [3.63, 3.8) is 0 Å². The first kappa shape index (κ1) is 16.4. The molecule has 1 unspecified atom stereocenters. The van der Waals surface area contributed by atoms with Crippen molar-refractivity contribution in [2.75, 3.05) is 20.3 Å². The maximum Gasteiger partial charge on any atom is 0.288 e. The fourth-order valence-electron chi connectivity index (χ4n) is 1.94. The number of amides is 1. The molecule has 0 aliphatic carbocycles. The lowest BCUT2D eigenvalue weighted by molar-refractivity contribution is -0.384. The van der Waals surface area contributed by atoms with Gasteiger partial charge in [0, 0.05) is 25.3 Å². The maximum absolute atomic E-state index is 12.4. The van der Waals surface area contributed by atoms with Crippen molar-refractivity contribution in [1.29, 1.82) is 0 Å². The van der Waals surface area contributed by atoms with Gasteiger partial charge in [-0.25, -0.2) is 0 Å². The van der Waals surface area contributed by atoms with E-state index < -0.39 is 4.92 Å². The standard InChI is InChI=1S/C13H17ClN2O4/c1-4-15(9(2)8-20-3)13(17)10-5-6-11(14)12(7-10)16(18)19/h5-7,9H,4,8H2,1-3H3. The minimum absolute atomic E-state index is 0.0135. The van der Waals surface area contributed by atoms with Gasteiger partial charge in [0.25, 0.3) is 11.6 Å². The van der Waals surface area contributed by atoms with Gasteiger partial charge in [-0.1, -0.05) is 11.6 Å². The Morgan fingerprint density at radius 2 is 2.20 bits per heavy atom. The first-order chi connectivity index (χ1) is 9.42. The van der Waals surface area contributed by atoms with Crippen molar-refractivity contribution in [1.82, 2.24) is 4.90 Å². The molecular weight excluding hydrogens is 284 g/mol. The van der Waals surface area contributed by atoms with E-state index in [4.69, 9.17) is 16.3 Å². The van der Waals surface area contributed by atoms with Gasteiger partial charge in [0.15, 0.2) is 0 Å². The van der Waals surface area contributed by atoms with Gasteiger partial charge in [0.2, 0.25) is 0 Å². The second kappa shape index (κ2) is 7.21. The van der Waals surface area contributed by atoms with Crippen molar-refractivity contribution in [3.05, 3.63) is 38.9 Å². The highest BCUT2D eigenvalue weighted by molar-refractivity contribution is 6.32. The number of methoxy groups -OCH3 is 1. The molecule has 0 aliphatic heterocycles. The number of nitro benzene ring substituents is 1. The molecule has 110 valence electrons. The van der Waals surface area contributed by atoms with E-state index in [-0.39, 0.29) is 28.2 Å². The zero-order valence-corrected chi connectivity index (χ0v) is 12.4. The quantitative estimate of drug-likeness (QED) is 0.598. The van der Waals surface area contributed by atoms with Gasteiger partial charge in [-0.15, -0.1) is 0 Å². The van der Waals surface area contributed by atoms with Crippen LogP contribution in [0.5, 0.6) is 0 Å². The molecule has 1 atom stereocenters. The van der Waals surface area contributed by atoms with Crippen LogP contribution in [0.4, 0.5) is 5.69 Å². The predicted molar refractivity (Wildman–Crippen MR) is 76.2 cm³/mol.